The Kier molecular flexibility index (Phi) is 3.67. The highest BCUT2D eigenvalue weighted by molar-refractivity contribution is 5.81. The van der Waals surface area contributed by atoms with Crippen molar-refractivity contribution in [1.82, 2.24) is 5.43 Å². The maximum Gasteiger partial charge on any atom is 0.206 e. The van der Waals surface area contributed by atoms with Crippen molar-refractivity contribution in [3.05, 3.63) is 35.4 Å². The lowest BCUT2D eigenvalue weighted by atomic mass is 10.1. The highest BCUT2D eigenvalue weighted by Gasteiger charge is 1.89. The monoisotopic (exact) mass is 190 g/mol. The smallest absolute Gasteiger partial charge is 0.206 e. The van der Waals surface area contributed by atoms with E-state index in [-0.39, 0.29) is 5.96 Å². The minimum atomic E-state index is -0.161. The van der Waals surface area contributed by atoms with E-state index in [2.05, 4.69) is 29.6 Å². The van der Waals surface area contributed by atoms with Gasteiger partial charge in [-0.15, -0.1) is 0 Å². The molecule has 4 nitrogen and oxygen atoms in total. The number of guanidine groups is 1. The second-order valence-corrected chi connectivity index (χ2v) is 2.88. The summed E-state index contributed by atoms with van der Waals surface area (Å²) >= 11 is 0. The molecule has 0 atom stereocenters. The van der Waals surface area contributed by atoms with E-state index in [4.69, 9.17) is 11.1 Å². The van der Waals surface area contributed by atoms with E-state index in [9.17, 15) is 0 Å². The van der Waals surface area contributed by atoms with Gasteiger partial charge in [-0.2, -0.15) is 5.10 Å². The predicted octanol–water partition coefficient (Wildman–Crippen LogP) is 1.07. The maximum atomic E-state index is 6.88. The number of hydrazone groups is 1. The van der Waals surface area contributed by atoms with Crippen LogP contribution >= 0.6 is 0 Å². The second-order valence-electron chi connectivity index (χ2n) is 2.88. The van der Waals surface area contributed by atoms with Crippen LogP contribution in [-0.4, -0.2) is 12.2 Å². The first-order valence-corrected chi connectivity index (χ1v) is 4.44. The first-order chi connectivity index (χ1) is 6.72. The Balaban J connectivity index is 2.59. The summed E-state index contributed by atoms with van der Waals surface area (Å²) in [6.45, 7) is 2.11. The van der Waals surface area contributed by atoms with E-state index in [1.165, 1.54) is 5.56 Å². The molecule has 74 valence electrons. The lowest BCUT2D eigenvalue weighted by Gasteiger charge is -1.97. The highest BCUT2D eigenvalue weighted by atomic mass is 15.3. The third-order valence-electron chi connectivity index (χ3n) is 1.79. The number of benzene rings is 1. The average Bonchev–Trinajstić information content (AvgIpc) is 2.18. The third-order valence-corrected chi connectivity index (χ3v) is 1.79. The van der Waals surface area contributed by atoms with Gasteiger partial charge in [-0.05, 0) is 17.5 Å². The molecule has 0 saturated carbocycles. The molecule has 0 aliphatic heterocycles. The van der Waals surface area contributed by atoms with Crippen LogP contribution in [0.4, 0.5) is 0 Å². The van der Waals surface area contributed by atoms with Gasteiger partial charge in [-0.3, -0.25) is 5.41 Å². The summed E-state index contributed by atoms with van der Waals surface area (Å²) in [5.41, 5.74) is 9.69. The van der Waals surface area contributed by atoms with Crippen LogP contribution < -0.4 is 11.2 Å². The molecule has 1 aromatic carbocycles. The van der Waals surface area contributed by atoms with Gasteiger partial charge >= 0.3 is 0 Å². The first-order valence-electron chi connectivity index (χ1n) is 4.44. The van der Waals surface area contributed by atoms with Crippen LogP contribution in [0.2, 0.25) is 0 Å². The molecule has 0 heterocycles. The highest BCUT2D eigenvalue weighted by Crippen LogP contribution is 2.02. The molecule has 0 aliphatic carbocycles. The molecule has 4 N–H and O–H groups in total. The number of rotatable bonds is 3. The van der Waals surface area contributed by atoms with Crippen LogP contribution in [-0.2, 0) is 6.42 Å². The fraction of sp³-hybridized carbons (Fsp3) is 0.200. The first kappa shape index (κ1) is 10.2. The van der Waals surface area contributed by atoms with Crippen molar-refractivity contribution in [1.29, 1.82) is 5.41 Å². The summed E-state index contributed by atoms with van der Waals surface area (Å²) in [4.78, 5) is 0. The van der Waals surface area contributed by atoms with Crippen molar-refractivity contribution in [3.63, 3.8) is 0 Å². The van der Waals surface area contributed by atoms with Crippen molar-refractivity contribution in [2.45, 2.75) is 13.3 Å². The van der Waals surface area contributed by atoms with E-state index in [0.29, 0.717) is 0 Å². The number of hydrogen-bond acceptors (Lipinski definition) is 2. The fourth-order valence-corrected chi connectivity index (χ4v) is 1.02. The minimum absolute atomic E-state index is 0.161. The Morgan fingerprint density at radius 3 is 2.64 bits per heavy atom. The molecule has 14 heavy (non-hydrogen) atoms. The van der Waals surface area contributed by atoms with Crippen molar-refractivity contribution in [3.8, 4) is 0 Å². The van der Waals surface area contributed by atoms with E-state index >= 15 is 0 Å². The maximum absolute atomic E-state index is 6.88. The van der Waals surface area contributed by atoms with Gasteiger partial charge in [-0.25, -0.2) is 5.43 Å². The van der Waals surface area contributed by atoms with Crippen LogP contribution in [0.15, 0.2) is 29.4 Å². The van der Waals surface area contributed by atoms with Gasteiger partial charge in [0.25, 0.3) is 0 Å². The van der Waals surface area contributed by atoms with E-state index in [0.717, 1.165) is 12.0 Å². The number of nitrogens with one attached hydrogen (secondary N) is 2. The van der Waals surface area contributed by atoms with Gasteiger partial charge in [-0.1, -0.05) is 31.2 Å². The zero-order valence-electron chi connectivity index (χ0n) is 8.12. The number of nitrogens with two attached hydrogens (primary N) is 1. The molecular formula is C10H14N4. The molecule has 0 unspecified atom stereocenters. The second kappa shape index (κ2) is 5.01. The molecule has 1 aromatic rings. The van der Waals surface area contributed by atoms with Gasteiger partial charge < -0.3 is 5.73 Å². The van der Waals surface area contributed by atoms with Crippen molar-refractivity contribution in [2.75, 3.05) is 0 Å². The quantitative estimate of drug-likeness (QED) is 0.379. The Bertz CT molecular complexity index is 326. The Labute approximate surface area is 83.3 Å². The van der Waals surface area contributed by atoms with Crippen LogP contribution in [0.1, 0.15) is 18.1 Å². The molecular weight excluding hydrogens is 176 g/mol. The van der Waals surface area contributed by atoms with Crippen molar-refractivity contribution in [2.24, 2.45) is 10.8 Å². The van der Waals surface area contributed by atoms with Crippen LogP contribution in [0.5, 0.6) is 0 Å². The number of hydrogen-bond donors (Lipinski definition) is 3. The van der Waals surface area contributed by atoms with Gasteiger partial charge in [0.1, 0.15) is 0 Å². The molecule has 0 fully saturated rings. The van der Waals surface area contributed by atoms with Gasteiger partial charge in [0.15, 0.2) is 0 Å². The van der Waals surface area contributed by atoms with Gasteiger partial charge in [0, 0.05) is 0 Å². The van der Waals surface area contributed by atoms with Crippen molar-refractivity contribution >= 4 is 12.2 Å². The topological polar surface area (TPSA) is 74.3 Å². The summed E-state index contributed by atoms with van der Waals surface area (Å²) < 4.78 is 0. The normalized spacial score (nSPS) is 10.4. The molecule has 1 rings (SSSR count). The summed E-state index contributed by atoms with van der Waals surface area (Å²) in [6, 6.07) is 8.05. The number of aryl methyl sites for hydroxylation is 1. The van der Waals surface area contributed by atoms with Gasteiger partial charge in [0.2, 0.25) is 5.96 Å². The van der Waals surface area contributed by atoms with Crippen LogP contribution in [0.25, 0.3) is 0 Å². The average molecular weight is 190 g/mol. The predicted molar refractivity (Wildman–Crippen MR) is 58.5 cm³/mol. The molecule has 0 spiro atoms. The SMILES string of the molecule is CCc1ccc(/C=N/NC(=N)N)cc1. The summed E-state index contributed by atoms with van der Waals surface area (Å²) in [5.74, 6) is -0.161. The van der Waals surface area contributed by atoms with Gasteiger partial charge in [0.05, 0.1) is 6.21 Å². The lowest BCUT2D eigenvalue weighted by molar-refractivity contribution is 1.00. The Morgan fingerprint density at radius 2 is 2.14 bits per heavy atom. The van der Waals surface area contributed by atoms with E-state index in [1.54, 1.807) is 6.21 Å². The summed E-state index contributed by atoms with van der Waals surface area (Å²) in [5, 5.41) is 10.6. The Morgan fingerprint density at radius 1 is 1.50 bits per heavy atom. The molecule has 0 radical (unpaired) electrons. The largest absolute Gasteiger partial charge is 0.369 e. The van der Waals surface area contributed by atoms with Crippen LogP contribution in [0, 0.1) is 5.41 Å². The molecule has 0 bridgehead atoms. The molecule has 0 amide bonds. The molecule has 0 aliphatic rings. The number of nitrogens with zero attached hydrogens (tertiary/aromatic N) is 1. The zero-order chi connectivity index (χ0) is 10.4. The third kappa shape index (κ3) is 3.26. The molecule has 0 saturated heterocycles. The lowest BCUT2D eigenvalue weighted by Crippen LogP contribution is -2.25. The minimum Gasteiger partial charge on any atom is -0.369 e. The zero-order valence-corrected chi connectivity index (χ0v) is 8.12. The van der Waals surface area contributed by atoms with Crippen LogP contribution in [0.3, 0.4) is 0 Å². The summed E-state index contributed by atoms with van der Waals surface area (Å²) in [7, 11) is 0. The van der Waals surface area contributed by atoms with E-state index in [1.807, 2.05) is 12.1 Å². The molecule has 4 heteroatoms. The van der Waals surface area contributed by atoms with E-state index < -0.39 is 0 Å². The van der Waals surface area contributed by atoms with Crippen molar-refractivity contribution < 1.29 is 0 Å². The Hall–Kier alpha value is -1.84. The molecule has 0 aromatic heterocycles. The fourth-order valence-electron chi connectivity index (χ4n) is 1.02. The summed E-state index contributed by atoms with van der Waals surface area (Å²) in [6.07, 6.45) is 2.66. The standard InChI is InChI=1S/C10H14N4/c1-2-8-3-5-9(6-4-8)7-13-14-10(11)12/h3-7H,2H2,1H3,(H4,11,12,14)/b13-7+.